The number of nitrogens with zero attached hydrogens (tertiary/aromatic N) is 4. The van der Waals surface area contributed by atoms with Gasteiger partial charge < -0.3 is 9.47 Å². The van der Waals surface area contributed by atoms with E-state index < -0.39 is 5.97 Å². The lowest BCUT2D eigenvalue weighted by atomic mass is 10.3. The highest BCUT2D eigenvalue weighted by atomic mass is 35.5. The van der Waals surface area contributed by atoms with Crippen molar-refractivity contribution >= 4 is 17.6 Å². The second-order valence-corrected chi connectivity index (χ2v) is 4.03. The minimum absolute atomic E-state index is 0.0860. The first-order valence-corrected chi connectivity index (χ1v) is 5.69. The zero-order valence-corrected chi connectivity index (χ0v) is 11.1. The van der Waals surface area contributed by atoms with Gasteiger partial charge in [-0.05, 0) is 6.07 Å². The molecule has 0 spiro atoms. The van der Waals surface area contributed by atoms with E-state index in [2.05, 4.69) is 19.8 Å². The lowest BCUT2D eigenvalue weighted by Gasteiger charge is -1.98. The third-order valence-electron chi connectivity index (χ3n) is 2.25. The second-order valence-electron chi connectivity index (χ2n) is 3.60. The summed E-state index contributed by atoms with van der Waals surface area (Å²) >= 11 is 5.86. The Kier molecular flexibility index (Phi) is 3.96. The molecule has 2 aromatic rings. The van der Waals surface area contributed by atoms with Crippen LogP contribution in [0.3, 0.4) is 0 Å². The summed E-state index contributed by atoms with van der Waals surface area (Å²) in [6.45, 7) is -0.242. The predicted molar refractivity (Wildman–Crippen MR) is 66.8 cm³/mol. The van der Waals surface area contributed by atoms with Crippen LogP contribution in [0.2, 0.25) is 5.02 Å². The third kappa shape index (κ3) is 3.19. The average molecular weight is 283 g/mol. The number of pyridine rings is 1. The zero-order chi connectivity index (χ0) is 13.8. The highest BCUT2D eigenvalue weighted by molar-refractivity contribution is 6.30. The Labute approximate surface area is 114 Å². The molecule has 0 saturated carbocycles. The van der Waals surface area contributed by atoms with E-state index in [1.165, 1.54) is 18.0 Å². The van der Waals surface area contributed by atoms with Crippen LogP contribution in [0, 0.1) is 0 Å². The molecule has 0 fully saturated rings. The SMILES string of the molecule is COC(=O)COc1nc(-c2cncc(Cl)c2)n(C)n1. The Hall–Kier alpha value is -2.15. The molecule has 0 saturated heterocycles. The van der Waals surface area contributed by atoms with Crippen LogP contribution in [-0.2, 0) is 16.6 Å². The number of esters is 1. The Bertz CT molecular complexity index is 599. The van der Waals surface area contributed by atoms with E-state index in [-0.39, 0.29) is 12.6 Å². The number of aromatic nitrogens is 4. The molecule has 0 aromatic carbocycles. The maximum atomic E-state index is 11.0. The Morgan fingerprint density at radius 3 is 2.95 bits per heavy atom. The fourth-order valence-electron chi connectivity index (χ4n) is 1.39. The van der Waals surface area contributed by atoms with Crippen LogP contribution in [0.25, 0.3) is 11.4 Å². The molecule has 0 aliphatic rings. The molecule has 0 amide bonds. The minimum atomic E-state index is -0.501. The molecule has 19 heavy (non-hydrogen) atoms. The minimum Gasteiger partial charge on any atom is -0.466 e. The van der Waals surface area contributed by atoms with Gasteiger partial charge in [-0.1, -0.05) is 11.6 Å². The maximum Gasteiger partial charge on any atom is 0.344 e. The van der Waals surface area contributed by atoms with E-state index in [4.69, 9.17) is 16.3 Å². The highest BCUT2D eigenvalue weighted by Gasteiger charge is 2.12. The van der Waals surface area contributed by atoms with Gasteiger partial charge in [0.15, 0.2) is 12.4 Å². The summed E-state index contributed by atoms with van der Waals surface area (Å²) in [7, 11) is 2.98. The molecule has 7 nitrogen and oxygen atoms in total. The third-order valence-corrected chi connectivity index (χ3v) is 2.46. The van der Waals surface area contributed by atoms with E-state index in [1.807, 2.05) is 0 Å². The summed E-state index contributed by atoms with van der Waals surface area (Å²) < 4.78 is 11.1. The van der Waals surface area contributed by atoms with Gasteiger partial charge in [-0.2, -0.15) is 4.98 Å². The molecule has 2 heterocycles. The molecule has 0 N–H and O–H groups in total. The fourth-order valence-corrected chi connectivity index (χ4v) is 1.56. The molecule has 100 valence electrons. The Balaban J connectivity index is 2.19. The van der Waals surface area contributed by atoms with Crippen LogP contribution in [-0.4, -0.2) is 39.4 Å². The predicted octanol–water partition coefficient (Wildman–Crippen LogP) is 1.08. The van der Waals surface area contributed by atoms with Crippen molar-refractivity contribution in [1.82, 2.24) is 19.7 Å². The van der Waals surface area contributed by atoms with E-state index in [1.54, 1.807) is 19.3 Å². The standard InChI is InChI=1S/C11H11ClN4O3/c1-16-10(7-3-8(12)5-13-4-7)14-11(15-16)19-6-9(17)18-2/h3-5H,6H2,1-2H3. The normalized spacial score (nSPS) is 10.3. The quantitative estimate of drug-likeness (QED) is 0.781. The van der Waals surface area contributed by atoms with Crippen LogP contribution >= 0.6 is 11.6 Å². The molecule has 0 aliphatic heterocycles. The number of hydrogen-bond donors (Lipinski definition) is 0. The number of aryl methyl sites for hydroxylation is 1. The summed E-state index contributed by atoms with van der Waals surface area (Å²) in [5.74, 6) is 0.0355. The van der Waals surface area contributed by atoms with Crippen molar-refractivity contribution in [3.63, 3.8) is 0 Å². The number of carbonyl (C=O) groups excluding carboxylic acids is 1. The molecule has 0 bridgehead atoms. The van der Waals surface area contributed by atoms with Gasteiger partial charge in [0.05, 0.1) is 12.1 Å². The van der Waals surface area contributed by atoms with E-state index in [9.17, 15) is 4.79 Å². The number of hydrogen-bond acceptors (Lipinski definition) is 6. The number of halogens is 1. The zero-order valence-electron chi connectivity index (χ0n) is 10.3. The molecule has 2 aromatic heterocycles. The lowest BCUT2D eigenvalue weighted by Crippen LogP contribution is -2.13. The van der Waals surface area contributed by atoms with Crippen LogP contribution in [0.5, 0.6) is 6.01 Å². The molecule has 2 rings (SSSR count). The number of rotatable bonds is 4. The van der Waals surface area contributed by atoms with Gasteiger partial charge in [0, 0.05) is 25.0 Å². The first-order chi connectivity index (χ1) is 9.10. The summed E-state index contributed by atoms with van der Waals surface area (Å²) in [4.78, 5) is 19.1. The summed E-state index contributed by atoms with van der Waals surface area (Å²) in [6, 6.07) is 1.80. The van der Waals surface area contributed by atoms with Gasteiger partial charge >= 0.3 is 12.0 Å². The van der Waals surface area contributed by atoms with Crippen molar-refractivity contribution in [2.24, 2.45) is 7.05 Å². The summed E-state index contributed by atoms with van der Waals surface area (Å²) in [5, 5.41) is 4.53. The van der Waals surface area contributed by atoms with E-state index >= 15 is 0 Å². The highest BCUT2D eigenvalue weighted by Crippen LogP contribution is 2.20. The maximum absolute atomic E-state index is 11.0. The van der Waals surface area contributed by atoms with Gasteiger partial charge in [0.25, 0.3) is 0 Å². The number of ether oxygens (including phenoxy) is 2. The summed E-state index contributed by atoms with van der Waals surface area (Å²) in [6.07, 6.45) is 3.13. The van der Waals surface area contributed by atoms with Gasteiger partial charge in [-0.15, -0.1) is 5.10 Å². The van der Waals surface area contributed by atoms with Crippen molar-refractivity contribution in [3.05, 3.63) is 23.5 Å². The Morgan fingerprint density at radius 1 is 1.47 bits per heavy atom. The molecule has 0 radical (unpaired) electrons. The molecule has 0 aliphatic carbocycles. The van der Waals surface area contributed by atoms with Crippen molar-refractivity contribution in [3.8, 4) is 17.4 Å². The monoisotopic (exact) mass is 282 g/mol. The largest absolute Gasteiger partial charge is 0.466 e. The molecule has 8 heteroatoms. The molecule has 0 unspecified atom stereocenters. The lowest BCUT2D eigenvalue weighted by molar-refractivity contribution is -0.143. The molecular weight excluding hydrogens is 272 g/mol. The first-order valence-electron chi connectivity index (χ1n) is 5.31. The Morgan fingerprint density at radius 2 is 2.26 bits per heavy atom. The van der Waals surface area contributed by atoms with Crippen LogP contribution in [0.1, 0.15) is 0 Å². The second kappa shape index (κ2) is 5.66. The van der Waals surface area contributed by atoms with E-state index in [0.717, 1.165) is 0 Å². The smallest absolute Gasteiger partial charge is 0.344 e. The van der Waals surface area contributed by atoms with Gasteiger partial charge in [-0.3, -0.25) is 4.98 Å². The van der Waals surface area contributed by atoms with E-state index in [0.29, 0.717) is 16.4 Å². The number of methoxy groups -OCH3 is 1. The van der Waals surface area contributed by atoms with Crippen LogP contribution in [0.15, 0.2) is 18.5 Å². The van der Waals surface area contributed by atoms with Crippen molar-refractivity contribution in [1.29, 1.82) is 0 Å². The molecule has 0 atom stereocenters. The van der Waals surface area contributed by atoms with Crippen molar-refractivity contribution in [2.75, 3.05) is 13.7 Å². The van der Waals surface area contributed by atoms with Crippen molar-refractivity contribution in [2.45, 2.75) is 0 Å². The topological polar surface area (TPSA) is 79.1 Å². The number of carbonyl (C=O) groups is 1. The van der Waals surface area contributed by atoms with Crippen LogP contribution < -0.4 is 4.74 Å². The fraction of sp³-hybridized carbons (Fsp3) is 0.273. The van der Waals surface area contributed by atoms with Crippen LogP contribution in [0.4, 0.5) is 0 Å². The average Bonchev–Trinajstić information content (AvgIpc) is 2.77. The first kappa shape index (κ1) is 13.3. The van der Waals surface area contributed by atoms with Gasteiger partial charge in [0.2, 0.25) is 0 Å². The van der Waals surface area contributed by atoms with Gasteiger partial charge in [0.1, 0.15) is 0 Å². The summed E-state index contributed by atoms with van der Waals surface area (Å²) in [5.41, 5.74) is 0.704. The molecular formula is C11H11ClN4O3. The van der Waals surface area contributed by atoms with Gasteiger partial charge in [-0.25, -0.2) is 9.48 Å². The van der Waals surface area contributed by atoms with Crippen molar-refractivity contribution < 1.29 is 14.3 Å².